The number of rotatable bonds is 7. The number of likely N-dealkylation sites (tertiary alicyclic amines) is 1. The largest absolute Gasteiger partial charge is 0.480 e. The standard InChI is InChI=1S/C9H20NO2.C2F6NO4S2/c1-12-9-7-10(6-8-11)4-2-3-5-10;3-1(4,5)14(10,11)9-15(12,13)2(6,7)8/h11H,2-9H2,1H3;/q+1;-1. The molecule has 1 heterocycles. The predicted molar refractivity (Wildman–Crippen MR) is 81.2 cm³/mol. The molecule has 16 heteroatoms. The molecule has 0 aromatic carbocycles. The molecule has 0 unspecified atom stereocenters. The molecule has 0 aromatic rings. The second-order valence-electron chi connectivity index (χ2n) is 5.58. The van der Waals surface area contributed by atoms with Crippen molar-refractivity contribution >= 4 is 20.0 Å². The highest BCUT2D eigenvalue weighted by atomic mass is 32.3. The Morgan fingerprint density at radius 1 is 0.926 bits per heavy atom. The summed E-state index contributed by atoms with van der Waals surface area (Å²) in [5.41, 5.74) is -12.4. The third-order valence-electron chi connectivity index (χ3n) is 3.64. The van der Waals surface area contributed by atoms with E-state index in [0.717, 1.165) is 28.3 Å². The average molecular weight is 454 g/mol. The molecule has 0 atom stereocenters. The second-order valence-corrected chi connectivity index (χ2v) is 9.00. The third-order valence-corrected chi connectivity index (χ3v) is 6.38. The maximum atomic E-state index is 11.4. The molecule has 0 radical (unpaired) electrons. The molecule has 0 amide bonds. The van der Waals surface area contributed by atoms with Crippen LogP contribution in [-0.4, -0.2) is 83.9 Å². The number of aliphatic hydroxyl groups is 1. The smallest absolute Gasteiger partial charge is 0.421 e. The van der Waals surface area contributed by atoms with Crippen LogP contribution in [0, 0.1) is 0 Å². The summed E-state index contributed by atoms with van der Waals surface area (Å²) >= 11 is 0. The molecule has 0 aromatic heterocycles. The molecule has 1 fully saturated rings. The van der Waals surface area contributed by atoms with Crippen LogP contribution in [0.2, 0.25) is 0 Å². The van der Waals surface area contributed by atoms with E-state index in [1.807, 2.05) is 0 Å². The summed E-state index contributed by atoms with van der Waals surface area (Å²) in [6.45, 7) is 5.55. The monoisotopic (exact) mass is 454 g/mol. The van der Waals surface area contributed by atoms with Crippen molar-refractivity contribution in [3.63, 3.8) is 0 Å². The van der Waals surface area contributed by atoms with Crippen LogP contribution >= 0.6 is 0 Å². The van der Waals surface area contributed by atoms with Gasteiger partial charge in [-0.3, -0.25) is 0 Å². The van der Waals surface area contributed by atoms with Gasteiger partial charge in [0.15, 0.2) is 20.0 Å². The molecule has 1 rings (SSSR count). The van der Waals surface area contributed by atoms with Gasteiger partial charge in [0.05, 0.1) is 26.3 Å². The van der Waals surface area contributed by atoms with Gasteiger partial charge in [0.2, 0.25) is 0 Å². The van der Waals surface area contributed by atoms with Gasteiger partial charge in [0.1, 0.15) is 13.1 Å². The number of quaternary nitrogens is 1. The van der Waals surface area contributed by atoms with Gasteiger partial charge in [-0.15, -0.1) is 0 Å². The summed E-state index contributed by atoms with van der Waals surface area (Å²) in [5, 5.41) is 8.93. The summed E-state index contributed by atoms with van der Waals surface area (Å²) in [5.74, 6) is 0. The molecule has 1 saturated heterocycles. The normalized spacial score (nSPS) is 18.1. The van der Waals surface area contributed by atoms with Crippen LogP contribution in [0.3, 0.4) is 0 Å². The van der Waals surface area contributed by atoms with E-state index in [2.05, 4.69) is 0 Å². The minimum absolute atomic E-state index is 0.309. The van der Waals surface area contributed by atoms with E-state index in [0.29, 0.717) is 6.61 Å². The summed E-state index contributed by atoms with van der Waals surface area (Å²) < 4.78 is 115. The fraction of sp³-hybridized carbons (Fsp3) is 1.00. The van der Waals surface area contributed by atoms with Gasteiger partial charge in [0.25, 0.3) is 0 Å². The lowest BCUT2D eigenvalue weighted by Crippen LogP contribution is -2.49. The quantitative estimate of drug-likeness (QED) is 0.459. The summed E-state index contributed by atoms with van der Waals surface area (Å²) in [7, 11) is -11.7. The molecule has 0 aliphatic carbocycles. The lowest BCUT2D eigenvalue weighted by atomic mass is 10.4. The minimum atomic E-state index is -6.72. The van der Waals surface area contributed by atoms with Crippen molar-refractivity contribution < 1.29 is 57.5 Å². The van der Waals surface area contributed by atoms with Crippen molar-refractivity contribution in [1.29, 1.82) is 0 Å². The Hall–Kier alpha value is -0.680. The molecule has 0 saturated carbocycles. The minimum Gasteiger partial charge on any atom is -0.421 e. The molecule has 0 spiro atoms. The van der Waals surface area contributed by atoms with Crippen LogP contribution in [0.25, 0.3) is 4.13 Å². The van der Waals surface area contributed by atoms with Crippen molar-refractivity contribution in [3.8, 4) is 0 Å². The first kappa shape index (κ1) is 26.3. The van der Waals surface area contributed by atoms with E-state index in [-0.39, 0.29) is 0 Å². The number of nitrogens with zero attached hydrogens (tertiary/aromatic N) is 2. The average Bonchev–Trinajstić information content (AvgIpc) is 2.92. The Morgan fingerprint density at radius 2 is 1.33 bits per heavy atom. The van der Waals surface area contributed by atoms with Gasteiger partial charge in [-0.05, 0) is 0 Å². The van der Waals surface area contributed by atoms with Crippen molar-refractivity contribution in [2.24, 2.45) is 0 Å². The Bertz CT molecular complexity index is 614. The van der Waals surface area contributed by atoms with Gasteiger partial charge in [0, 0.05) is 20.0 Å². The topological polar surface area (TPSA) is 112 Å². The van der Waals surface area contributed by atoms with E-state index < -0.39 is 31.1 Å². The van der Waals surface area contributed by atoms with Crippen LogP contribution in [-0.2, 0) is 24.8 Å². The van der Waals surface area contributed by atoms with Crippen molar-refractivity contribution in [2.45, 2.75) is 23.9 Å². The SMILES string of the molecule is COCC[N+]1(CCO)CCCC1.O=S(=O)([N-]S(=O)(=O)C(F)(F)F)C(F)(F)F. The third kappa shape index (κ3) is 8.06. The van der Waals surface area contributed by atoms with Gasteiger partial charge >= 0.3 is 11.0 Å². The van der Waals surface area contributed by atoms with E-state index in [1.54, 1.807) is 7.11 Å². The zero-order chi connectivity index (χ0) is 21.6. The highest BCUT2D eigenvalue weighted by molar-refractivity contribution is 8.13. The number of methoxy groups -OCH3 is 1. The Kier molecular flexibility index (Phi) is 9.44. The zero-order valence-corrected chi connectivity index (χ0v) is 15.8. The number of sulfonamides is 2. The van der Waals surface area contributed by atoms with Gasteiger partial charge in [-0.2, -0.15) is 26.3 Å². The van der Waals surface area contributed by atoms with Gasteiger partial charge in [-0.1, -0.05) is 0 Å². The van der Waals surface area contributed by atoms with Crippen molar-refractivity contribution in [1.82, 2.24) is 0 Å². The maximum absolute atomic E-state index is 11.4. The Balaban J connectivity index is 0.000000511. The zero-order valence-electron chi connectivity index (χ0n) is 14.1. The van der Waals surface area contributed by atoms with Gasteiger partial charge in [-0.25, -0.2) is 16.8 Å². The number of aliphatic hydroxyl groups excluding tert-OH is 1. The van der Waals surface area contributed by atoms with E-state index >= 15 is 0 Å². The van der Waals surface area contributed by atoms with E-state index in [4.69, 9.17) is 9.84 Å². The first-order valence-corrected chi connectivity index (χ1v) is 10.2. The molecular weight excluding hydrogens is 434 g/mol. The summed E-state index contributed by atoms with van der Waals surface area (Å²) in [6.07, 6.45) is 2.62. The molecule has 27 heavy (non-hydrogen) atoms. The lowest BCUT2D eigenvalue weighted by Gasteiger charge is -2.33. The van der Waals surface area contributed by atoms with Crippen LogP contribution in [0.5, 0.6) is 0 Å². The number of ether oxygens (including phenoxy) is 1. The first-order chi connectivity index (χ1) is 12.0. The number of hydrogen-bond donors (Lipinski definition) is 1. The van der Waals surface area contributed by atoms with E-state index in [1.165, 1.54) is 25.9 Å². The number of halogens is 6. The van der Waals surface area contributed by atoms with Gasteiger partial charge < -0.3 is 18.5 Å². The highest BCUT2D eigenvalue weighted by Gasteiger charge is 2.46. The molecule has 8 nitrogen and oxygen atoms in total. The van der Waals surface area contributed by atoms with E-state index in [9.17, 15) is 43.2 Å². The van der Waals surface area contributed by atoms with Crippen LogP contribution < -0.4 is 0 Å². The number of alkyl halides is 6. The molecule has 0 bridgehead atoms. The molecule has 164 valence electrons. The van der Waals surface area contributed by atoms with Crippen molar-refractivity contribution in [3.05, 3.63) is 4.13 Å². The highest BCUT2D eigenvalue weighted by Crippen LogP contribution is 2.36. The lowest BCUT2D eigenvalue weighted by molar-refractivity contribution is -0.917. The molecular formula is C11H20F6N2O6S2. The maximum Gasteiger partial charge on any atom is 0.480 e. The fourth-order valence-electron chi connectivity index (χ4n) is 2.28. The Labute approximate surface area is 152 Å². The van der Waals surface area contributed by atoms with Crippen LogP contribution in [0.1, 0.15) is 12.8 Å². The van der Waals surface area contributed by atoms with Crippen molar-refractivity contribution in [2.75, 3.05) is 46.5 Å². The summed E-state index contributed by atoms with van der Waals surface area (Å²) in [4.78, 5) is 0. The second kappa shape index (κ2) is 9.69. The fourth-order valence-corrected chi connectivity index (χ4v) is 3.99. The Morgan fingerprint density at radius 3 is 1.63 bits per heavy atom. The molecule has 1 N–H and O–H groups in total. The predicted octanol–water partition coefficient (Wildman–Crippen LogP) is 1.29. The summed E-state index contributed by atoms with van der Waals surface area (Å²) in [6, 6.07) is 0. The number of hydrogen-bond acceptors (Lipinski definition) is 6. The molecule has 1 aliphatic heterocycles. The van der Waals surface area contributed by atoms with Crippen LogP contribution in [0.15, 0.2) is 0 Å². The van der Waals surface area contributed by atoms with Crippen LogP contribution in [0.4, 0.5) is 26.3 Å². The first-order valence-electron chi connectivity index (χ1n) is 7.35. The molecule has 1 aliphatic rings.